The number of amides is 2. The van der Waals surface area contributed by atoms with E-state index in [4.69, 9.17) is 0 Å². The highest BCUT2D eigenvalue weighted by Crippen LogP contribution is 2.21. The lowest BCUT2D eigenvalue weighted by molar-refractivity contribution is -0.134. The largest absolute Gasteiger partial charge is 0.342 e. The molecule has 1 atom stereocenters. The molecule has 1 aromatic carbocycles. The number of nitrogens with one attached hydrogen (secondary N) is 1. The van der Waals surface area contributed by atoms with Crippen LogP contribution in [0.2, 0.25) is 0 Å². The Hall–Kier alpha value is -2.34. The number of carbonyl (C=O) groups excluding carboxylic acids is 2. The molecule has 0 unspecified atom stereocenters. The van der Waals surface area contributed by atoms with Gasteiger partial charge < -0.3 is 10.2 Å². The van der Waals surface area contributed by atoms with Gasteiger partial charge in [0, 0.05) is 36.4 Å². The smallest absolute Gasteiger partial charge is 0.230 e. The van der Waals surface area contributed by atoms with Gasteiger partial charge in [-0.15, -0.1) is 11.8 Å². The zero-order chi connectivity index (χ0) is 19.1. The van der Waals surface area contributed by atoms with Crippen LogP contribution in [-0.2, 0) is 9.59 Å². The van der Waals surface area contributed by atoms with Gasteiger partial charge in [0.2, 0.25) is 11.8 Å². The second-order valence-corrected chi connectivity index (χ2v) is 7.97. The van der Waals surface area contributed by atoms with Crippen molar-refractivity contribution in [3.63, 3.8) is 0 Å². The van der Waals surface area contributed by atoms with Gasteiger partial charge in [0.25, 0.3) is 0 Å². The molecule has 142 valence electrons. The van der Waals surface area contributed by atoms with Gasteiger partial charge in [-0.1, -0.05) is 24.3 Å². The van der Waals surface area contributed by atoms with Gasteiger partial charge >= 0.3 is 0 Å². The molecule has 1 saturated heterocycles. The molecule has 6 heteroatoms. The first-order valence-electron chi connectivity index (χ1n) is 9.31. The first-order chi connectivity index (χ1) is 13.1. The van der Waals surface area contributed by atoms with Gasteiger partial charge in [-0.25, -0.2) is 4.98 Å². The lowest BCUT2D eigenvalue weighted by Gasteiger charge is -2.32. The number of anilines is 1. The van der Waals surface area contributed by atoms with Crippen LogP contribution < -0.4 is 5.32 Å². The van der Waals surface area contributed by atoms with Gasteiger partial charge in [0.05, 0.1) is 5.92 Å². The number of aryl methyl sites for hydroxylation is 1. The molecule has 2 amide bonds. The summed E-state index contributed by atoms with van der Waals surface area (Å²) in [5, 5.41) is 2.87. The van der Waals surface area contributed by atoms with Crippen LogP contribution in [0.25, 0.3) is 0 Å². The van der Waals surface area contributed by atoms with E-state index in [-0.39, 0.29) is 17.7 Å². The van der Waals surface area contributed by atoms with Crippen LogP contribution in [-0.4, -0.2) is 40.5 Å². The highest BCUT2D eigenvalue weighted by atomic mass is 32.2. The summed E-state index contributed by atoms with van der Waals surface area (Å²) < 4.78 is 0. The fourth-order valence-corrected chi connectivity index (χ4v) is 3.98. The third kappa shape index (κ3) is 5.82. The molecule has 1 aliphatic rings. The van der Waals surface area contributed by atoms with Crippen molar-refractivity contribution in [3.8, 4) is 0 Å². The number of pyridine rings is 1. The molecule has 1 fully saturated rings. The number of likely N-dealkylation sites (tertiary alicyclic amines) is 1. The van der Waals surface area contributed by atoms with E-state index in [1.807, 2.05) is 36.1 Å². The number of carbonyl (C=O) groups is 2. The molecule has 0 aliphatic carbocycles. The number of thioether (sulfide) groups is 1. The molecule has 0 saturated carbocycles. The number of rotatable bonds is 6. The van der Waals surface area contributed by atoms with Crippen LogP contribution in [0.15, 0.2) is 53.6 Å². The Bertz CT molecular complexity index is 765. The van der Waals surface area contributed by atoms with Gasteiger partial charge in [-0.2, -0.15) is 0 Å². The number of hydrogen-bond donors (Lipinski definition) is 1. The number of nitrogens with zero attached hydrogens (tertiary/aromatic N) is 2. The number of piperidine rings is 1. The number of hydrogen-bond acceptors (Lipinski definition) is 4. The van der Waals surface area contributed by atoms with Crippen LogP contribution in [0.4, 0.5) is 5.82 Å². The minimum atomic E-state index is -0.174. The highest BCUT2D eigenvalue weighted by Gasteiger charge is 2.28. The van der Waals surface area contributed by atoms with Crippen LogP contribution in [0.5, 0.6) is 0 Å². The Morgan fingerprint density at radius 1 is 1.22 bits per heavy atom. The lowest BCUT2D eigenvalue weighted by atomic mass is 9.97. The average molecular weight is 384 g/mol. The van der Waals surface area contributed by atoms with E-state index in [1.165, 1.54) is 4.90 Å². The summed E-state index contributed by atoms with van der Waals surface area (Å²) in [5.74, 6) is 1.22. The Morgan fingerprint density at radius 3 is 2.78 bits per heavy atom. The molecule has 0 spiro atoms. The van der Waals surface area contributed by atoms with Gasteiger partial charge in [-0.3, -0.25) is 9.59 Å². The lowest BCUT2D eigenvalue weighted by Crippen LogP contribution is -2.43. The molecular weight excluding hydrogens is 358 g/mol. The van der Waals surface area contributed by atoms with Crippen molar-refractivity contribution in [2.24, 2.45) is 5.92 Å². The third-order valence-corrected chi connectivity index (χ3v) is 5.65. The van der Waals surface area contributed by atoms with E-state index >= 15 is 0 Å². The molecule has 2 aromatic rings. The van der Waals surface area contributed by atoms with E-state index in [0.29, 0.717) is 18.8 Å². The zero-order valence-electron chi connectivity index (χ0n) is 15.6. The van der Waals surface area contributed by atoms with E-state index in [1.54, 1.807) is 24.0 Å². The Morgan fingerprint density at radius 2 is 2.04 bits per heavy atom. The summed E-state index contributed by atoms with van der Waals surface area (Å²) in [6.07, 6.45) is 3.89. The standard InChI is InChI=1S/C21H25N3O2S/c1-16-9-10-19(22-14-16)23-21(26)17-6-5-12-24(15-17)20(25)11-13-27-18-7-3-2-4-8-18/h2-4,7-10,14,17H,5-6,11-13,15H2,1H3,(H,22,23,26)/t17-/m1/s1. The minimum Gasteiger partial charge on any atom is -0.342 e. The van der Waals surface area contributed by atoms with Crippen LogP contribution in [0, 0.1) is 12.8 Å². The Labute approximate surface area is 164 Å². The monoisotopic (exact) mass is 383 g/mol. The van der Waals surface area contributed by atoms with Crippen molar-refractivity contribution >= 4 is 29.4 Å². The van der Waals surface area contributed by atoms with Crippen molar-refractivity contribution in [3.05, 3.63) is 54.2 Å². The van der Waals surface area contributed by atoms with Crippen molar-refractivity contribution in [2.75, 3.05) is 24.2 Å². The number of benzene rings is 1. The van der Waals surface area contributed by atoms with E-state index in [9.17, 15) is 9.59 Å². The first-order valence-corrected chi connectivity index (χ1v) is 10.3. The predicted molar refractivity (Wildman–Crippen MR) is 109 cm³/mol. The maximum atomic E-state index is 12.5. The summed E-state index contributed by atoms with van der Waals surface area (Å²) in [5.41, 5.74) is 1.05. The SMILES string of the molecule is Cc1ccc(NC(=O)[C@@H]2CCCN(C(=O)CCSc3ccccc3)C2)nc1. The highest BCUT2D eigenvalue weighted by molar-refractivity contribution is 7.99. The minimum absolute atomic E-state index is 0.0532. The van der Waals surface area contributed by atoms with E-state index in [0.717, 1.165) is 30.7 Å². The molecule has 2 heterocycles. The van der Waals surface area contributed by atoms with Crippen molar-refractivity contribution in [2.45, 2.75) is 31.1 Å². The molecule has 5 nitrogen and oxygen atoms in total. The fraction of sp³-hybridized carbons (Fsp3) is 0.381. The molecule has 0 bridgehead atoms. The number of aromatic nitrogens is 1. The fourth-order valence-electron chi connectivity index (χ4n) is 3.12. The molecule has 3 rings (SSSR count). The molecule has 1 aliphatic heterocycles. The second kappa shape index (κ2) is 9.55. The molecule has 27 heavy (non-hydrogen) atoms. The predicted octanol–water partition coefficient (Wildman–Crippen LogP) is 3.75. The second-order valence-electron chi connectivity index (χ2n) is 6.80. The maximum Gasteiger partial charge on any atom is 0.230 e. The maximum absolute atomic E-state index is 12.5. The molecular formula is C21H25N3O2S. The van der Waals surface area contributed by atoms with Crippen molar-refractivity contribution < 1.29 is 9.59 Å². The topological polar surface area (TPSA) is 62.3 Å². The summed E-state index contributed by atoms with van der Waals surface area (Å²) in [6, 6.07) is 13.8. The Kier molecular flexibility index (Phi) is 6.87. The van der Waals surface area contributed by atoms with Crippen LogP contribution in [0.3, 0.4) is 0 Å². The summed E-state index contributed by atoms with van der Waals surface area (Å²) >= 11 is 1.69. The molecule has 0 radical (unpaired) electrons. The van der Waals surface area contributed by atoms with E-state index in [2.05, 4.69) is 22.4 Å². The molecule has 1 N–H and O–H groups in total. The summed E-state index contributed by atoms with van der Waals surface area (Å²) in [4.78, 5) is 32.3. The van der Waals surface area contributed by atoms with Gasteiger partial charge in [0.1, 0.15) is 5.82 Å². The van der Waals surface area contributed by atoms with Gasteiger partial charge in [-0.05, 0) is 43.5 Å². The normalized spacial score (nSPS) is 16.8. The third-order valence-electron chi connectivity index (χ3n) is 4.64. The van der Waals surface area contributed by atoms with Crippen molar-refractivity contribution in [1.82, 2.24) is 9.88 Å². The quantitative estimate of drug-likeness (QED) is 0.772. The van der Waals surface area contributed by atoms with Crippen LogP contribution >= 0.6 is 11.8 Å². The first kappa shape index (κ1) is 19.4. The van der Waals surface area contributed by atoms with E-state index < -0.39 is 0 Å². The Balaban J connectivity index is 1.47. The zero-order valence-corrected chi connectivity index (χ0v) is 16.4. The van der Waals surface area contributed by atoms with Crippen molar-refractivity contribution in [1.29, 1.82) is 0 Å². The summed E-state index contributed by atoms with van der Waals surface area (Å²) in [6.45, 7) is 3.19. The van der Waals surface area contributed by atoms with Crippen LogP contribution in [0.1, 0.15) is 24.8 Å². The molecule has 1 aromatic heterocycles. The summed E-state index contributed by atoms with van der Waals surface area (Å²) in [7, 11) is 0. The van der Waals surface area contributed by atoms with Gasteiger partial charge in [0.15, 0.2) is 0 Å². The average Bonchev–Trinajstić information content (AvgIpc) is 2.70.